The van der Waals surface area contributed by atoms with Gasteiger partial charge in [0.05, 0.1) is 16.7 Å². The first-order chi connectivity index (χ1) is 13.5. The largest absolute Gasteiger partial charge is 0.310 e. The number of aromatic nitrogens is 5. The SMILES string of the molecule is CCn1c(NC(=O)CCc2c(C)nc3cc(C)nn3c2C)nc2ccccc21. The van der Waals surface area contributed by atoms with Gasteiger partial charge in [-0.2, -0.15) is 5.10 Å². The molecule has 0 aliphatic heterocycles. The molecule has 0 aliphatic carbocycles. The Labute approximate surface area is 163 Å². The summed E-state index contributed by atoms with van der Waals surface area (Å²) < 4.78 is 3.87. The molecule has 0 saturated carbocycles. The summed E-state index contributed by atoms with van der Waals surface area (Å²) in [7, 11) is 0. The number of fused-ring (bicyclic) bond motifs is 2. The van der Waals surface area contributed by atoms with E-state index in [1.807, 2.05) is 67.1 Å². The lowest BCUT2D eigenvalue weighted by Gasteiger charge is -2.11. The number of carbonyl (C=O) groups excluding carboxylic acids is 1. The first-order valence-electron chi connectivity index (χ1n) is 9.55. The van der Waals surface area contributed by atoms with Crippen molar-refractivity contribution < 1.29 is 4.79 Å². The van der Waals surface area contributed by atoms with Crippen LogP contribution in [0.2, 0.25) is 0 Å². The molecule has 4 aromatic rings. The van der Waals surface area contributed by atoms with Gasteiger partial charge in [-0.05, 0) is 51.8 Å². The topological polar surface area (TPSA) is 77.1 Å². The Bertz CT molecular complexity index is 1190. The summed E-state index contributed by atoms with van der Waals surface area (Å²) in [6.07, 6.45) is 0.972. The minimum absolute atomic E-state index is 0.0550. The Hall–Kier alpha value is -3.22. The number of rotatable bonds is 5. The van der Waals surface area contributed by atoms with Gasteiger partial charge >= 0.3 is 0 Å². The van der Waals surface area contributed by atoms with Crippen LogP contribution in [0.3, 0.4) is 0 Å². The van der Waals surface area contributed by atoms with E-state index < -0.39 is 0 Å². The Morgan fingerprint density at radius 3 is 2.71 bits per heavy atom. The highest BCUT2D eigenvalue weighted by Crippen LogP contribution is 2.20. The predicted octanol–water partition coefficient (Wildman–Crippen LogP) is 3.60. The number of para-hydroxylation sites is 2. The highest BCUT2D eigenvalue weighted by atomic mass is 16.1. The summed E-state index contributed by atoms with van der Waals surface area (Å²) in [5, 5.41) is 7.47. The molecule has 0 spiro atoms. The van der Waals surface area contributed by atoms with Gasteiger partial charge in [0.25, 0.3) is 0 Å². The van der Waals surface area contributed by atoms with Crippen molar-refractivity contribution in [2.75, 3.05) is 5.32 Å². The van der Waals surface area contributed by atoms with Gasteiger partial charge in [0.1, 0.15) is 0 Å². The van der Waals surface area contributed by atoms with Gasteiger partial charge in [0.2, 0.25) is 11.9 Å². The van der Waals surface area contributed by atoms with Crippen LogP contribution in [0.4, 0.5) is 5.95 Å². The number of carbonyl (C=O) groups is 1. The van der Waals surface area contributed by atoms with Crippen LogP contribution in [-0.4, -0.2) is 30.1 Å². The summed E-state index contributed by atoms with van der Waals surface area (Å²) in [4.78, 5) is 21.8. The molecular formula is C21H24N6O. The second-order valence-corrected chi connectivity index (χ2v) is 7.03. The van der Waals surface area contributed by atoms with Crippen LogP contribution in [0.5, 0.6) is 0 Å². The first-order valence-corrected chi connectivity index (χ1v) is 9.55. The van der Waals surface area contributed by atoms with Gasteiger partial charge in [-0.3, -0.25) is 10.1 Å². The molecule has 0 unspecified atom stereocenters. The molecule has 0 aliphatic rings. The van der Waals surface area contributed by atoms with Crippen molar-refractivity contribution in [1.29, 1.82) is 0 Å². The maximum Gasteiger partial charge on any atom is 0.227 e. The van der Waals surface area contributed by atoms with Crippen LogP contribution < -0.4 is 5.32 Å². The van der Waals surface area contributed by atoms with Gasteiger partial charge in [0, 0.05) is 30.4 Å². The Morgan fingerprint density at radius 1 is 1.14 bits per heavy atom. The van der Waals surface area contributed by atoms with Gasteiger partial charge in [0.15, 0.2) is 5.65 Å². The number of amides is 1. The molecule has 0 radical (unpaired) electrons. The molecule has 1 amide bonds. The van der Waals surface area contributed by atoms with E-state index in [0.29, 0.717) is 18.8 Å². The number of aryl methyl sites for hydroxylation is 4. The predicted molar refractivity (Wildman–Crippen MR) is 110 cm³/mol. The molecule has 0 fully saturated rings. The van der Waals surface area contributed by atoms with E-state index in [1.165, 1.54) is 0 Å². The smallest absolute Gasteiger partial charge is 0.227 e. The molecule has 3 aromatic heterocycles. The number of nitrogens with zero attached hydrogens (tertiary/aromatic N) is 5. The van der Waals surface area contributed by atoms with Crippen molar-refractivity contribution >= 4 is 28.5 Å². The molecular weight excluding hydrogens is 352 g/mol. The number of nitrogens with one attached hydrogen (secondary N) is 1. The lowest BCUT2D eigenvalue weighted by Crippen LogP contribution is -2.17. The zero-order chi connectivity index (χ0) is 19.8. The second kappa shape index (κ2) is 7.07. The molecule has 7 heteroatoms. The highest BCUT2D eigenvalue weighted by molar-refractivity contribution is 5.91. The molecule has 1 aromatic carbocycles. The molecule has 4 rings (SSSR count). The number of imidazole rings is 1. The fourth-order valence-corrected chi connectivity index (χ4v) is 3.72. The monoisotopic (exact) mass is 376 g/mol. The molecule has 0 saturated heterocycles. The summed E-state index contributed by atoms with van der Waals surface area (Å²) in [5.74, 6) is 0.541. The van der Waals surface area contributed by atoms with Crippen molar-refractivity contribution in [2.24, 2.45) is 0 Å². The van der Waals surface area contributed by atoms with Crippen LogP contribution >= 0.6 is 0 Å². The molecule has 144 valence electrons. The van der Waals surface area contributed by atoms with E-state index in [0.717, 1.165) is 45.9 Å². The lowest BCUT2D eigenvalue weighted by molar-refractivity contribution is -0.116. The van der Waals surface area contributed by atoms with Crippen molar-refractivity contribution in [3.63, 3.8) is 0 Å². The van der Waals surface area contributed by atoms with Gasteiger partial charge in [-0.15, -0.1) is 0 Å². The van der Waals surface area contributed by atoms with Crippen LogP contribution in [-0.2, 0) is 17.8 Å². The zero-order valence-corrected chi connectivity index (χ0v) is 16.7. The van der Waals surface area contributed by atoms with Crippen molar-refractivity contribution in [1.82, 2.24) is 24.1 Å². The lowest BCUT2D eigenvalue weighted by atomic mass is 10.1. The van der Waals surface area contributed by atoms with Crippen LogP contribution in [0.15, 0.2) is 30.3 Å². The first kappa shape index (κ1) is 18.2. The van der Waals surface area contributed by atoms with E-state index >= 15 is 0 Å². The summed E-state index contributed by atoms with van der Waals surface area (Å²) in [6, 6.07) is 9.86. The Morgan fingerprint density at radius 2 is 1.93 bits per heavy atom. The van der Waals surface area contributed by atoms with Crippen LogP contribution in [0, 0.1) is 20.8 Å². The molecule has 3 heterocycles. The number of benzene rings is 1. The third-order valence-electron chi connectivity index (χ3n) is 5.11. The minimum atomic E-state index is -0.0550. The summed E-state index contributed by atoms with van der Waals surface area (Å²) in [6.45, 7) is 8.75. The highest BCUT2D eigenvalue weighted by Gasteiger charge is 2.15. The van der Waals surface area contributed by atoms with E-state index in [4.69, 9.17) is 0 Å². The summed E-state index contributed by atoms with van der Waals surface area (Å²) in [5.41, 5.74) is 6.73. The standard InChI is InChI=1S/C21H24N6O/c1-5-26-18-9-7-6-8-17(18)23-21(26)24-20(28)11-10-16-14(3)22-19-12-13(2)25-27(19)15(16)4/h6-9,12H,5,10-11H2,1-4H3,(H,23,24,28). The second-order valence-electron chi connectivity index (χ2n) is 7.03. The summed E-state index contributed by atoms with van der Waals surface area (Å²) >= 11 is 0. The third-order valence-corrected chi connectivity index (χ3v) is 5.11. The molecule has 0 atom stereocenters. The third kappa shape index (κ3) is 3.13. The Kier molecular flexibility index (Phi) is 4.58. The average molecular weight is 376 g/mol. The number of hydrogen-bond acceptors (Lipinski definition) is 4. The number of hydrogen-bond donors (Lipinski definition) is 1. The molecule has 0 bridgehead atoms. The van der Waals surface area contributed by atoms with Crippen molar-refractivity contribution in [3.05, 3.63) is 53.0 Å². The van der Waals surface area contributed by atoms with Gasteiger partial charge < -0.3 is 4.57 Å². The molecule has 28 heavy (non-hydrogen) atoms. The maximum atomic E-state index is 12.6. The fourth-order valence-electron chi connectivity index (χ4n) is 3.72. The average Bonchev–Trinajstić information content (AvgIpc) is 3.20. The van der Waals surface area contributed by atoms with Crippen LogP contribution in [0.1, 0.15) is 36.0 Å². The Balaban J connectivity index is 1.53. The maximum absolute atomic E-state index is 12.6. The van der Waals surface area contributed by atoms with Crippen molar-refractivity contribution in [3.8, 4) is 0 Å². The van der Waals surface area contributed by atoms with Gasteiger partial charge in [-0.25, -0.2) is 14.5 Å². The fraction of sp³-hybridized carbons (Fsp3) is 0.333. The quantitative estimate of drug-likeness (QED) is 0.577. The van der Waals surface area contributed by atoms with E-state index in [2.05, 4.69) is 20.4 Å². The van der Waals surface area contributed by atoms with E-state index in [9.17, 15) is 4.79 Å². The normalized spacial score (nSPS) is 11.4. The molecule has 1 N–H and O–H groups in total. The van der Waals surface area contributed by atoms with E-state index in [-0.39, 0.29) is 5.91 Å². The molecule has 7 nitrogen and oxygen atoms in total. The number of anilines is 1. The zero-order valence-electron chi connectivity index (χ0n) is 16.7. The minimum Gasteiger partial charge on any atom is -0.310 e. The van der Waals surface area contributed by atoms with Crippen molar-refractivity contribution in [2.45, 2.75) is 47.1 Å². The van der Waals surface area contributed by atoms with Gasteiger partial charge in [-0.1, -0.05) is 12.1 Å². The van der Waals surface area contributed by atoms with E-state index in [1.54, 1.807) is 0 Å². The van der Waals surface area contributed by atoms with Crippen LogP contribution in [0.25, 0.3) is 16.7 Å².